The minimum atomic E-state index is 0.735. The van der Waals surface area contributed by atoms with Crippen LogP contribution in [0, 0.1) is 6.92 Å². The van der Waals surface area contributed by atoms with Crippen molar-refractivity contribution in [2.45, 2.75) is 13.8 Å². The van der Waals surface area contributed by atoms with Gasteiger partial charge in [0.1, 0.15) is 0 Å². The van der Waals surface area contributed by atoms with Gasteiger partial charge in [0, 0.05) is 5.56 Å². The molecule has 0 N–H and O–H groups in total. The average Bonchev–Trinajstić information content (AvgIpc) is 2.29. The minimum absolute atomic E-state index is 0.735. The van der Waals surface area contributed by atoms with Crippen LogP contribution in [0.5, 0.6) is 0 Å². The lowest BCUT2D eigenvalue weighted by Crippen LogP contribution is -1.91. The summed E-state index contributed by atoms with van der Waals surface area (Å²) in [5.41, 5.74) is 3.96. The van der Waals surface area contributed by atoms with Gasteiger partial charge in [-0.2, -0.15) is 0 Å². The maximum absolute atomic E-state index is 11.1. The van der Waals surface area contributed by atoms with E-state index in [0.29, 0.717) is 0 Å². The first-order chi connectivity index (χ1) is 7.65. The van der Waals surface area contributed by atoms with Gasteiger partial charge in [-0.15, -0.1) is 0 Å². The van der Waals surface area contributed by atoms with E-state index in [2.05, 4.69) is 13.5 Å². The van der Waals surface area contributed by atoms with Crippen molar-refractivity contribution in [2.24, 2.45) is 0 Å². The van der Waals surface area contributed by atoms with E-state index in [9.17, 15) is 4.79 Å². The summed E-state index contributed by atoms with van der Waals surface area (Å²) in [6.45, 7) is 7.98. The van der Waals surface area contributed by atoms with Crippen molar-refractivity contribution >= 4 is 22.6 Å². The molecule has 0 heterocycles. The molecule has 0 bridgehead atoms. The summed E-state index contributed by atoms with van der Waals surface area (Å²) < 4.78 is 0. The minimum Gasteiger partial charge on any atom is -0.298 e. The summed E-state index contributed by atoms with van der Waals surface area (Å²) in [6.07, 6.45) is 0.911. The van der Waals surface area contributed by atoms with E-state index in [4.69, 9.17) is 0 Å². The number of allylic oxidation sites excluding steroid dienone is 1. The standard InChI is InChI=1S/C15H14O/c1-10(2)13-5-4-6-14-11(3)7-8-12(9-16)15(13)14/h4-9H,1H2,2-3H3. The molecule has 0 unspecified atom stereocenters. The number of aryl methyl sites for hydroxylation is 1. The van der Waals surface area contributed by atoms with Crippen LogP contribution in [0.2, 0.25) is 0 Å². The first-order valence-electron chi connectivity index (χ1n) is 5.28. The van der Waals surface area contributed by atoms with Crippen LogP contribution in [0.15, 0.2) is 36.9 Å². The van der Waals surface area contributed by atoms with Gasteiger partial charge in [-0.3, -0.25) is 4.79 Å². The molecule has 2 aromatic rings. The normalized spacial score (nSPS) is 10.4. The Morgan fingerprint density at radius 3 is 2.62 bits per heavy atom. The predicted molar refractivity (Wildman–Crippen MR) is 68.8 cm³/mol. The van der Waals surface area contributed by atoms with E-state index in [0.717, 1.165) is 33.8 Å². The van der Waals surface area contributed by atoms with E-state index in [1.807, 2.05) is 37.3 Å². The molecule has 2 rings (SSSR count). The zero-order chi connectivity index (χ0) is 11.7. The monoisotopic (exact) mass is 210 g/mol. The van der Waals surface area contributed by atoms with E-state index in [1.165, 1.54) is 5.56 Å². The molecule has 0 aliphatic carbocycles. The molecule has 2 aromatic carbocycles. The Bertz CT molecular complexity index is 579. The first-order valence-corrected chi connectivity index (χ1v) is 5.28. The van der Waals surface area contributed by atoms with Crippen molar-refractivity contribution in [3.8, 4) is 0 Å². The highest BCUT2D eigenvalue weighted by Crippen LogP contribution is 2.28. The molecule has 0 fully saturated rings. The summed E-state index contributed by atoms with van der Waals surface area (Å²) >= 11 is 0. The lowest BCUT2D eigenvalue weighted by Gasteiger charge is -2.10. The van der Waals surface area contributed by atoms with Crippen LogP contribution in [-0.2, 0) is 0 Å². The van der Waals surface area contributed by atoms with Crippen LogP contribution >= 0.6 is 0 Å². The van der Waals surface area contributed by atoms with Crippen LogP contribution in [0.25, 0.3) is 16.3 Å². The molecule has 0 radical (unpaired) electrons. The number of hydrogen-bond donors (Lipinski definition) is 0. The number of fused-ring (bicyclic) bond motifs is 1. The van der Waals surface area contributed by atoms with Gasteiger partial charge in [-0.25, -0.2) is 0 Å². The largest absolute Gasteiger partial charge is 0.298 e. The summed E-state index contributed by atoms with van der Waals surface area (Å²) in [6, 6.07) is 9.92. The van der Waals surface area contributed by atoms with Gasteiger partial charge < -0.3 is 0 Å². The second-order valence-electron chi connectivity index (χ2n) is 4.10. The summed E-state index contributed by atoms with van der Waals surface area (Å²) in [4.78, 5) is 11.1. The maximum Gasteiger partial charge on any atom is 0.150 e. The summed E-state index contributed by atoms with van der Waals surface area (Å²) in [7, 11) is 0. The molecule has 0 saturated heterocycles. The van der Waals surface area contributed by atoms with Crippen molar-refractivity contribution in [1.29, 1.82) is 0 Å². The highest BCUT2D eigenvalue weighted by molar-refractivity contribution is 6.05. The molecule has 0 aromatic heterocycles. The Balaban J connectivity index is 2.99. The van der Waals surface area contributed by atoms with Crippen LogP contribution in [0.1, 0.15) is 28.4 Å². The number of rotatable bonds is 2. The fraction of sp³-hybridized carbons (Fsp3) is 0.133. The van der Waals surface area contributed by atoms with Gasteiger partial charge in [0.15, 0.2) is 6.29 Å². The molecular formula is C15H14O. The average molecular weight is 210 g/mol. The lowest BCUT2D eigenvalue weighted by atomic mass is 9.94. The Morgan fingerprint density at radius 1 is 1.25 bits per heavy atom. The van der Waals surface area contributed by atoms with Crippen molar-refractivity contribution in [3.63, 3.8) is 0 Å². The molecule has 0 aliphatic heterocycles. The Labute approximate surface area is 95.4 Å². The number of hydrogen-bond acceptors (Lipinski definition) is 1. The Morgan fingerprint density at radius 2 is 2.00 bits per heavy atom. The quantitative estimate of drug-likeness (QED) is 0.685. The van der Waals surface area contributed by atoms with Gasteiger partial charge in [0.25, 0.3) is 0 Å². The van der Waals surface area contributed by atoms with Gasteiger partial charge >= 0.3 is 0 Å². The molecule has 1 nitrogen and oxygen atoms in total. The zero-order valence-electron chi connectivity index (χ0n) is 9.58. The van der Waals surface area contributed by atoms with Crippen molar-refractivity contribution in [1.82, 2.24) is 0 Å². The highest BCUT2D eigenvalue weighted by Gasteiger charge is 2.07. The molecular weight excluding hydrogens is 196 g/mol. The van der Waals surface area contributed by atoms with Gasteiger partial charge in [-0.05, 0) is 35.7 Å². The molecule has 16 heavy (non-hydrogen) atoms. The first kappa shape index (κ1) is 10.6. The van der Waals surface area contributed by atoms with E-state index in [1.54, 1.807) is 0 Å². The Hall–Kier alpha value is -1.89. The fourth-order valence-corrected chi connectivity index (χ4v) is 2.03. The lowest BCUT2D eigenvalue weighted by molar-refractivity contribution is 0.112. The van der Waals surface area contributed by atoms with Crippen LogP contribution in [0.4, 0.5) is 0 Å². The molecule has 0 spiro atoms. The van der Waals surface area contributed by atoms with Crippen LogP contribution in [0.3, 0.4) is 0 Å². The van der Waals surface area contributed by atoms with Gasteiger partial charge in [-0.1, -0.05) is 42.5 Å². The van der Waals surface area contributed by atoms with Gasteiger partial charge in [0.2, 0.25) is 0 Å². The molecule has 80 valence electrons. The van der Waals surface area contributed by atoms with E-state index >= 15 is 0 Å². The fourth-order valence-electron chi connectivity index (χ4n) is 2.03. The van der Waals surface area contributed by atoms with Crippen molar-refractivity contribution in [3.05, 3.63) is 53.6 Å². The third kappa shape index (κ3) is 1.54. The van der Waals surface area contributed by atoms with Crippen LogP contribution < -0.4 is 0 Å². The number of aldehydes is 1. The number of benzene rings is 2. The van der Waals surface area contributed by atoms with Crippen LogP contribution in [-0.4, -0.2) is 6.29 Å². The third-order valence-corrected chi connectivity index (χ3v) is 2.88. The highest BCUT2D eigenvalue weighted by atomic mass is 16.1. The zero-order valence-corrected chi connectivity index (χ0v) is 9.58. The molecule has 1 heteroatoms. The SMILES string of the molecule is C=C(C)c1cccc2c(C)ccc(C=O)c12. The smallest absolute Gasteiger partial charge is 0.150 e. The molecule has 0 atom stereocenters. The van der Waals surface area contributed by atoms with E-state index in [-0.39, 0.29) is 0 Å². The second kappa shape index (κ2) is 3.93. The second-order valence-corrected chi connectivity index (χ2v) is 4.10. The summed E-state index contributed by atoms with van der Waals surface area (Å²) in [5.74, 6) is 0. The molecule has 0 aliphatic rings. The van der Waals surface area contributed by atoms with Crippen molar-refractivity contribution in [2.75, 3.05) is 0 Å². The number of carbonyl (C=O) groups excluding carboxylic acids is 1. The van der Waals surface area contributed by atoms with Gasteiger partial charge in [0.05, 0.1) is 0 Å². The Kier molecular flexibility index (Phi) is 2.61. The third-order valence-electron chi connectivity index (χ3n) is 2.88. The number of carbonyl (C=O) groups is 1. The predicted octanol–water partition coefficient (Wildman–Crippen LogP) is 3.99. The topological polar surface area (TPSA) is 17.1 Å². The molecule has 0 amide bonds. The van der Waals surface area contributed by atoms with Crippen molar-refractivity contribution < 1.29 is 4.79 Å². The molecule has 0 saturated carbocycles. The maximum atomic E-state index is 11.1. The van der Waals surface area contributed by atoms with E-state index < -0.39 is 0 Å². The summed E-state index contributed by atoms with van der Waals surface area (Å²) in [5, 5.41) is 2.15.